The van der Waals surface area contributed by atoms with Crippen LogP contribution in [0.2, 0.25) is 0 Å². The van der Waals surface area contributed by atoms with Crippen LogP contribution in [0.3, 0.4) is 0 Å². The minimum absolute atomic E-state index is 1.16. The summed E-state index contributed by atoms with van der Waals surface area (Å²) in [6.07, 6.45) is 0. The highest BCUT2D eigenvalue weighted by Gasteiger charge is 2.08. The lowest BCUT2D eigenvalue weighted by molar-refractivity contribution is 1.76. The van der Waals surface area contributed by atoms with E-state index >= 15 is 0 Å². The second kappa shape index (κ2) is 4.36. The Labute approximate surface area is 126 Å². The molecule has 0 aromatic heterocycles. The van der Waals surface area contributed by atoms with Crippen molar-refractivity contribution < 1.29 is 0 Å². The summed E-state index contributed by atoms with van der Waals surface area (Å²) in [6, 6.07) is 21.8. The van der Waals surface area contributed by atoms with Crippen LogP contribution in [0, 0.1) is 0 Å². The van der Waals surface area contributed by atoms with Crippen molar-refractivity contribution in [2.45, 2.75) is 0 Å². The zero-order chi connectivity index (χ0) is 13.7. The van der Waals surface area contributed by atoms with Crippen molar-refractivity contribution in [1.29, 1.82) is 0 Å². The number of halogens is 1. The molecule has 4 aromatic rings. The molecule has 2 heteroatoms. The topological polar surface area (TPSA) is 0 Å². The van der Waals surface area contributed by atoms with E-state index in [-0.39, 0.29) is 0 Å². The van der Waals surface area contributed by atoms with Gasteiger partial charge in [-0.25, -0.2) is 0 Å². The highest BCUT2D eigenvalue weighted by atomic mass is 79.9. The summed E-state index contributed by atoms with van der Waals surface area (Å²) in [6.45, 7) is 0. The fraction of sp³-hybridized carbons (Fsp3) is 0. The maximum atomic E-state index is 3.72. The molecule has 0 amide bonds. The lowest BCUT2D eigenvalue weighted by Gasteiger charge is -2.11. The largest absolute Gasteiger partial charge is 0.140 e. The van der Waals surface area contributed by atoms with Gasteiger partial charge in [0.25, 0.3) is 0 Å². The van der Waals surface area contributed by atoms with Crippen molar-refractivity contribution in [3.63, 3.8) is 0 Å². The third-order valence-electron chi connectivity index (χ3n) is 4.04. The van der Waals surface area contributed by atoms with Gasteiger partial charge in [0.05, 0.1) is 0 Å². The van der Waals surface area contributed by atoms with Gasteiger partial charge in [-0.15, -0.1) is 0 Å². The van der Waals surface area contributed by atoms with Crippen LogP contribution >= 0.6 is 15.9 Å². The van der Waals surface area contributed by atoms with Gasteiger partial charge in [0.15, 0.2) is 0 Å². The molecule has 0 unspecified atom stereocenters. The van der Waals surface area contributed by atoms with Crippen molar-refractivity contribution in [3.8, 4) is 0 Å². The molecule has 0 aliphatic rings. The molecule has 4 rings (SSSR count). The Hall–Kier alpha value is -1.80. The summed E-state index contributed by atoms with van der Waals surface area (Å²) in [4.78, 5) is 0. The summed E-state index contributed by atoms with van der Waals surface area (Å²) in [5.41, 5.74) is 1.33. The summed E-state index contributed by atoms with van der Waals surface area (Å²) in [5, 5.41) is 7.90. The second-order valence-corrected chi connectivity index (χ2v) is 6.09. The summed E-state index contributed by atoms with van der Waals surface area (Å²) >= 11 is 3.72. The Morgan fingerprint density at radius 2 is 1.10 bits per heavy atom. The summed E-state index contributed by atoms with van der Waals surface area (Å²) in [5.74, 6) is 0. The van der Waals surface area contributed by atoms with Crippen LogP contribution in [0.5, 0.6) is 0 Å². The normalized spacial score (nSPS) is 11.4. The van der Waals surface area contributed by atoms with Crippen molar-refractivity contribution >= 4 is 61.6 Å². The quantitative estimate of drug-likeness (QED) is 0.337. The monoisotopic (exact) mass is 318 g/mol. The van der Waals surface area contributed by atoms with Crippen LogP contribution in [0.1, 0.15) is 0 Å². The first-order chi connectivity index (χ1) is 9.75. The molecule has 0 heterocycles. The van der Waals surface area contributed by atoms with E-state index in [9.17, 15) is 0 Å². The first-order valence-electron chi connectivity index (χ1n) is 6.75. The molecule has 0 atom stereocenters. The Bertz CT molecular complexity index is 892. The van der Waals surface area contributed by atoms with Gasteiger partial charge in [-0.3, -0.25) is 0 Å². The van der Waals surface area contributed by atoms with Crippen LogP contribution < -0.4 is 5.46 Å². The van der Waals surface area contributed by atoms with Gasteiger partial charge >= 0.3 is 0 Å². The molecule has 0 spiro atoms. The summed E-state index contributed by atoms with van der Waals surface area (Å²) < 4.78 is 1.16. The SMILES string of the molecule is Bc1cc2c3ccccc3c(Br)cc2c2ccccc12. The molecule has 0 fully saturated rings. The molecule has 0 N–H and O–H groups in total. The molecule has 94 valence electrons. The Balaban J connectivity index is 2.36. The fourth-order valence-corrected chi connectivity index (χ4v) is 3.66. The summed E-state index contributed by atoms with van der Waals surface area (Å²) in [7, 11) is 2.19. The zero-order valence-electron chi connectivity index (χ0n) is 11.2. The predicted octanol–water partition coefficient (Wildman–Crippen LogP) is 4.17. The second-order valence-electron chi connectivity index (χ2n) is 5.24. The smallest absolute Gasteiger partial charge is 0.0806 e. The number of hydrogen-bond acceptors (Lipinski definition) is 0. The molecule has 0 aliphatic heterocycles. The lowest BCUT2D eigenvalue weighted by Crippen LogP contribution is -2.03. The van der Waals surface area contributed by atoms with Gasteiger partial charge < -0.3 is 0 Å². The number of hydrogen-bond donors (Lipinski definition) is 0. The van der Waals surface area contributed by atoms with Crippen molar-refractivity contribution in [2.24, 2.45) is 0 Å². The average molecular weight is 319 g/mol. The number of benzene rings is 4. The van der Waals surface area contributed by atoms with Gasteiger partial charge in [-0.05, 0) is 38.4 Å². The molecule has 0 nitrogen and oxygen atoms in total. The van der Waals surface area contributed by atoms with E-state index in [0.717, 1.165) is 4.47 Å². The molecular weight excluding hydrogens is 307 g/mol. The van der Waals surface area contributed by atoms with E-state index in [1.165, 1.54) is 37.8 Å². The maximum Gasteiger partial charge on any atom is 0.140 e. The maximum absolute atomic E-state index is 3.72. The van der Waals surface area contributed by atoms with E-state index in [1.54, 1.807) is 0 Å². The van der Waals surface area contributed by atoms with E-state index in [4.69, 9.17) is 0 Å². The van der Waals surface area contributed by atoms with E-state index < -0.39 is 0 Å². The molecule has 0 radical (unpaired) electrons. The molecule has 20 heavy (non-hydrogen) atoms. The van der Waals surface area contributed by atoms with Crippen LogP contribution in [0.15, 0.2) is 65.1 Å². The predicted molar refractivity (Wildman–Crippen MR) is 94.8 cm³/mol. The van der Waals surface area contributed by atoms with Crippen LogP contribution in [-0.2, 0) is 0 Å². The van der Waals surface area contributed by atoms with Gasteiger partial charge in [0.1, 0.15) is 7.85 Å². The Morgan fingerprint density at radius 3 is 1.80 bits per heavy atom. The molecule has 0 aliphatic carbocycles. The third kappa shape index (κ3) is 1.61. The van der Waals surface area contributed by atoms with Gasteiger partial charge in [-0.2, -0.15) is 0 Å². The van der Waals surface area contributed by atoms with Crippen molar-refractivity contribution in [1.82, 2.24) is 0 Å². The number of fused-ring (bicyclic) bond motifs is 5. The first kappa shape index (κ1) is 12.0. The Morgan fingerprint density at radius 1 is 0.600 bits per heavy atom. The van der Waals surface area contributed by atoms with Crippen LogP contribution in [0.4, 0.5) is 0 Å². The number of rotatable bonds is 0. The minimum atomic E-state index is 1.16. The van der Waals surface area contributed by atoms with Gasteiger partial charge in [0.2, 0.25) is 0 Å². The van der Waals surface area contributed by atoms with Gasteiger partial charge in [-0.1, -0.05) is 76.0 Å². The molecule has 0 saturated heterocycles. The van der Waals surface area contributed by atoms with E-state index in [1.807, 2.05) is 0 Å². The average Bonchev–Trinajstić information content (AvgIpc) is 2.49. The van der Waals surface area contributed by atoms with Crippen LogP contribution in [0.25, 0.3) is 32.3 Å². The highest BCUT2D eigenvalue weighted by molar-refractivity contribution is 9.10. The molecule has 0 bridgehead atoms. The fourth-order valence-electron chi connectivity index (χ4n) is 3.09. The first-order valence-corrected chi connectivity index (χ1v) is 7.54. The standard InChI is InChI=1S/C18H12BBr/c19-17-9-15-12-6-2-4-8-14(12)18(20)10-16(15)11-5-1-3-7-13(11)17/h1-10H,19H2. The minimum Gasteiger partial charge on any atom is -0.0806 e. The van der Waals surface area contributed by atoms with E-state index in [0.29, 0.717) is 0 Å². The Kier molecular flexibility index (Phi) is 2.61. The van der Waals surface area contributed by atoms with Crippen molar-refractivity contribution in [3.05, 3.63) is 65.1 Å². The third-order valence-corrected chi connectivity index (χ3v) is 4.69. The van der Waals surface area contributed by atoms with Crippen molar-refractivity contribution in [2.75, 3.05) is 0 Å². The highest BCUT2D eigenvalue weighted by Crippen LogP contribution is 2.34. The molecular formula is C18H12BBr. The van der Waals surface area contributed by atoms with E-state index in [2.05, 4.69) is 84.4 Å². The zero-order valence-corrected chi connectivity index (χ0v) is 12.7. The van der Waals surface area contributed by atoms with Crippen LogP contribution in [-0.4, -0.2) is 7.85 Å². The molecule has 0 saturated carbocycles. The molecule has 4 aromatic carbocycles. The van der Waals surface area contributed by atoms with Gasteiger partial charge in [0, 0.05) is 4.47 Å². The lowest BCUT2D eigenvalue weighted by atomic mass is 9.85.